The molecule has 0 spiro atoms. The highest BCUT2D eigenvalue weighted by Crippen LogP contribution is 2.34. The first-order chi connectivity index (χ1) is 12.5. The van der Waals surface area contributed by atoms with Gasteiger partial charge in [-0.15, -0.1) is 0 Å². The van der Waals surface area contributed by atoms with Gasteiger partial charge in [-0.05, 0) is 36.1 Å². The molecule has 2 rings (SSSR count). The van der Waals surface area contributed by atoms with Gasteiger partial charge in [0.2, 0.25) is 0 Å². The SMILES string of the molecule is CCOCC1=CC(OC)=C(c2ccc(C[C@@H](C)C(=O)O)cc2)C(OC)C1. The summed E-state index contributed by atoms with van der Waals surface area (Å²) in [5.74, 6) is -0.401. The van der Waals surface area contributed by atoms with Gasteiger partial charge >= 0.3 is 5.97 Å². The zero-order chi connectivity index (χ0) is 19.1. The fourth-order valence-electron chi connectivity index (χ4n) is 3.11. The molecule has 5 nitrogen and oxygen atoms in total. The summed E-state index contributed by atoms with van der Waals surface area (Å²) in [5, 5.41) is 9.06. The number of rotatable bonds is 9. The average molecular weight is 360 g/mol. The molecule has 0 radical (unpaired) electrons. The van der Waals surface area contributed by atoms with Crippen molar-refractivity contribution in [2.75, 3.05) is 27.4 Å². The van der Waals surface area contributed by atoms with Crippen molar-refractivity contribution in [3.8, 4) is 0 Å². The first-order valence-electron chi connectivity index (χ1n) is 8.90. The quantitative estimate of drug-likeness (QED) is 0.728. The predicted octanol–water partition coefficient (Wildman–Crippen LogP) is 3.69. The average Bonchev–Trinajstić information content (AvgIpc) is 2.66. The molecule has 0 saturated carbocycles. The lowest BCUT2D eigenvalue weighted by atomic mass is 9.88. The number of ether oxygens (including phenoxy) is 3. The minimum atomic E-state index is -0.780. The fourth-order valence-corrected chi connectivity index (χ4v) is 3.11. The molecule has 2 atom stereocenters. The van der Waals surface area contributed by atoms with E-state index in [1.165, 1.54) is 0 Å². The molecule has 0 saturated heterocycles. The lowest BCUT2D eigenvalue weighted by Crippen LogP contribution is -2.21. The van der Waals surface area contributed by atoms with Crippen molar-refractivity contribution < 1.29 is 24.1 Å². The summed E-state index contributed by atoms with van der Waals surface area (Å²) in [4.78, 5) is 11.0. The Bertz CT molecular complexity index is 672. The molecule has 0 heterocycles. The molecule has 1 aromatic rings. The maximum absolute atomic E-state index is 11.0. The van der Waals surface area contributed by atoms with Gasteiger partial charge in [0.05, 0.1) is 25.7 Å². The molecule has 5 heteroatoms. The number of carbonyl (C=O) groups is 1. The van der Waals surface area contributed by atoms with Gasteiger partial charge in [0.15, 0.2) is 0 Å². The van der Waals surface area contributed by atoms with Crippen LogP contribution in [-0.2, 0) is 25.4 Å². The minimum Gasteiger partial charge on any atom is -0.496 e. The van der Waals surface area contributed by atoms with Gasteiger partial charge in [-0.3, -0.25) is 4.79 Å². The van der Waals surface area contributed by atoms with Crippen molar-refractivity contribution in [3.63, 3.8) is 0 Å². The third-order valence-corrected chi connectivity index (χ3v) is 4.59. The van der Waals surface area contributed by atoms with Crippen LogP contribution in [0.25, 0.3) is 5.57 Å². The van der Waals surface area contributed by atoms with Crippen LogP contribution in [0, 0.1) is 5.92 Å². The van der Waals surface area contributed by atoms with Crippen molar-refractivity contribution in [2.24, 2.45) is 5.92 Å². The maximum Gasteiger partial charge on any atom is 0.306 e. The number of benzene rings is 1. The van der Waals surface area contributed by atoms with Crippen LogP contribution in [0.2, 0.25) is 0 Å². The summed E-state index contributed by atoms with van der Waals surface area (Å²) >= 11 is 0. The molecule has 1 aromatic carbocycles. The van der Waals surface area contributed by atoms with Gasteiger partial charge in [0, 0.05) is 25.7 Å². The van der Waals surface area contributed by atoms with Crippen molar-refractivity contribution in [1.82, 2.24) is 0 Å². The number of hydrogen-bond acceptors (Lipinski definition) is 4. The lowest BCUT2D eigenvalue weighted by Gasteiger charge is -2.27. The van der Waals surface area contributed by atoms with Crippen molar-refractivity contribution >= 4 is 11.5 Å². The van der Waals surface area contributed by atoms with E-state index in [1.54, 1.807) is 21.1 Å². The monoisotopic (exact) mass is 360 g/mol. The summed E-state index contributed by atoms with van der Waals surface area (Å²) in [6.45, 7) is 4.93. The van der Waals surface area contributed by atoms with Crippen LogP contribution in [0.1, 0.15) is 31.4 Å². The number of hydrogen-bond donors (Lipinski definition) is 1. The van der Waals surface area contributed by atoms with E-state index < -0.39 is 11.9 Å². The molecule has 0 bridgehead atoms. The van der Waals surface area contributed by atoms with Gasteiger partial charge in [0.25, 0.3) is 0 Å². The zero-order valence-electron chi connectivity index (χ0n) is 16.0. The van der Waals surface area contributed by atoms with Crippen LogP contribution in [0.4, 0.5) is 0 Å². The van der Waals surface area contributed by atoms with Gasteiger partial charge in [-0.1, -0.05) is 31.2 Å². The Balaban J connectivity index is 2.29. The molecule has 1 aliphatic carbocycles. The van der Waals surface area contributed by atoms with Crippen LogP contribution in [-0.4, -0.2) is 44.6 Å². The highest BCUT2D eigenvalue weighted by Gasteiger charge is 2.26. The third-order valence-electron chi connectivity index (χ3n) is 4.59. The minimum absolute atomic E-state index is 0.103. The number of methoxy groups -OCH3 is 2. The molecular formula is C21H28O5. The molecule has 0 aliphatic heterocycles. The molecule has 26 heavy (non-hydrogen) atoms. The topological polar surface area (TPSA) is 65.0 Å². The Morgan fingerprint density at radius 3 is 2.50 bits per heavy atom. The number of aliphatic carboxylic acids is 1. The third kappa shape index (κ3) is 4.96. The van der Waals surface area contributed by atoms with Crippen LogP contribution >= 0.6 is 0 Å². The van der Waals surface area contributed by atoms with E-state index in [0.29, 0.717) is 19.6 Å². The number of carboxylic acids is 1. The van der Waals surface area contributed by atoms with E-state index in [4.69, 9.17) is 19.3 Å². The summed E-state index contributed by atoms with van der Waals surface area (Å²) in [7, 11) is 3.36. The summed E-state index contributed by atoms with van der Waals surface area (Å²) < 4.78 is 16.9. The Kier molecular flexibility index (Phi) is 7.42. The van der Waals surface area contributed by atoms with Crippen LogP contribution < -0.4 is 0 Å². The van der Waals surface area contributed by atoms with Gasteiger partial charge in [-0.2, -0.15) is 0 Å². The summed E-state index contributed by atoms with van der Waals surface area (Å²) in [5.41, 5.74) is 4.17. The van der Waals surface area contributed by atoms with E-state index in [-0.39, 0.29) is 6.10 Å². The largest absolute Gasteiger partial charge is 0.496 e. The van der Waals surface area contributed by atoms with Crippen molar-refractivity contribution in [2.45, 2.75) is 32.8 Å². The molecular weight excluding hydrogens is 332 g/mol. The molecule has 1 unspecified atom stereocenters. The summed E-state index contributed by atoms with van der Waals surface area (Å²) in [6.07, 6.45) is 3.20. The molecule has 1 aliphatic rings. The second-order valence-electron chi connectivity index (χ2n) is 6.49. The fraction of sp³-hybridized carbons (Fsp3) is 0.476. The standard InChI is InChI=1S/C21H28O5/c1-5-26-13-16-11-18(24-3)20(19(12-16)25-4)17-8-6-15(7-9-17)10-14(2)21(22)23/h6-9,11,14,19H,5,10,12-13H2,1-4H3,(H,22,23)/t14-,19?/m1/s1. The lowest BCUT2D eigenvalue weighted by molar-refractivity contribution is -0.141. The van der Waals surface area contributed by atoms with E-state index in [9.17, 15) is 4.79 Å². The predicted molar refractivity (Wildman–Crippen MR) is 101 cm³/mol. The molecule has 142 valence electrons. The highest BCUT2D eigenvalue weighted by molar-refractivity contribution is 5.75. The van der Waals surface area contributed by atoms with Gasteiger partial charge in [0.1, 0.15) is 5.76 Å². The van der Waals surface area contributed by atoms with E-state index in [1.807, 2.05) is 37.3 Å². The Labute approximate surface area is 155 Å². The highest BCUT2D eigenvalue weighted by atomic mass is 16.5. The second-order valence-corrected chi connectivity index (χ2v) is 6.49. The van der Waals surface area contributed by atoms with Crippen molar-refractivity contribution in [3.05, 3.63) is 52.8 Å². The van der Waals surface area contributed by atoms with E-state index in [2.05, 4.69) is 0 Å². The van der Waals surface area contributed by atoms with Gasteiger partial charge < -0.3 is 19.3 Å². The Hall–Kier alpha value is -2.11. The van der Waals surface area contributed by atoms with Crippen LogP contribution in [0.3, 0.4) is 0 Å². The maximum atomic E-state index is 11.0. The van der Waals surface area contributed by atoms with Gasteiger partial charge in [-0.25, -0.2) is 0 Å². The van der Waals surface area contributed by atoms with E-state index >= 15 is 0 Å². The Morgan fingerprint density at radius 2 is 1.96 bits per heavy atom. The zero-order valence-corrected chi connectivity index (χ0v) is 16.0. The molecule has 1 N–H and O–H groups in total. The molecule has 0 amide bonds. The number of carboxylic acid groups (broad SMARTS) is 1. The van der Waals surface area contributed by atoms with Crippen LogP contribution in [0.15, 0.2) is 41.7 Å². The second kappa shape index (κ2) is 9.55. The molecule has 0 fully saturated rings. The molecule has 0 aromatic heterocycles. The normalized spacial score (nSPS) is 18.5. The Morgan fingerprint density at radius 1 is 1.27 bits per heavy atom. The number of allylic oxidation sites excluding steroid dienone is 1. The first-order valence-corrected chi connectivity index (χ1v) is 8.90. The first kappa shape index (κ1) is 20.2. The van der Waals surface area contributed by atoms with Crippen molar-refractivity contribution in [1.29, 1.82) is 0 Å². The smallest absolute Gasteiger partial charge is 0.306 e. The van der Waals surface area contributed by atoms with E-state index in [0.717, 1.165) is 34.5 Å². The van der Waals surface area contributed by atoms with Crippen LogP contribution in [0.5, 0.6) is 0 Å². The summed E-state index contributed by atoms with van der Waals surface area (Å²) in [6, 6.07) is 7.96.